The minimum Gasteiger partial charge on any atom is -0.361 e. The van der Waals surface area contributed by atoms with Gasteiger partial charge in [0.25, 0.3) is 0 Å². The van der Waals surface area contributed by atoms with Crippen LogP contribution < -0.4 is 5.32 Å². The maximum Gasteiger partial charge on any atom is 0.133 e. The summed E-state index contributed by atoms with van der Waals surface area (Å²) in [5.74, 6) is 0.847. The molecular weight excluding hydrogens is 226 g/mol. The van der Waals surface area contributed by atoms with Crippen molar-refractivity contribution in [3.63, 3.8) is 0 Å². The van der Waals surface area contributed by atoms with E-state index in [1.54, 1.807) is 0 Å². The number of aromatic nitrogens is 2. The molecule has 0 aliphatic heterocycles. The molecule has 18 heavy (non-hydrogen) atoms. The molecule has 2 aromatic heterocycles. The molecule has 0 bridgehead atoms. The molecule has 4 heteroatoms. The van der Waals surface area contributed by atoms with Crippen molar-refractivity contribution in [3.8, 4) is 0 Å². The number of benzene rings is 1. The van der Waals surface area contributed by atoms with Gasteiger partial charge in [0, 0.05) is 30.9 Å². The average molecular weight is 241 g/mol. The van der Waals surface area contributed by atoms with E-state index in [0.29, 0.717) is 0 Å². The highest BCUT2D eigenvalue weighted by atomic mass is 16.5. The molecule has 0 aliphatic carbocycles. The lowest BCUT2D eigenvalue weighted by Gasteiger charge is -2.03. The van der Waals surface area contributed by atoms with Gasteiger partial charge in [-0.05, 0) is 30.0 Å². The SMILES string of the molecule is Cc1cc(CNCc2ccc3cc[nH]c3c2)no1. The van der Waals surface area contributed by atoms with Gasteiger partial charge >= 0.3 is 0 Å². The Bertz CT molecular complexity index is 654. The fourth-order valence-electron chi connectivity index (χ4n) is 2.04. The van der Waals surface area contributed by atoms with Crippen molar-refractivity contribution in [3.05, 3.63) is 53.5 Å². The molecule has 3 rings (SSSR count). The van der Waals surface area contributed by atoms with Gasteiger partial charge in [0.15, 0.2) is 0 Å². The molecule has 4 nitrogen and oxygen atoms in total. The first-order chi connectivity index (χ1) is 8.81. The third-order valence-electron chi connectivity index (χ3n) is 2.93. The van der Waals surface area contributed by atoms with E-state index in [1.807, 2.05) is 19.2 Å². The Labute approximate surface area is 105 Å². The number of nitrogens with zero attached hydrogens (tertiary/aromatic N) is 1. The Kier molecular flexibility index (Phi) is 2.86. The average Bonchev–Trinajstić information content (AvgIpc) is 2.97. The summed E-state index contributed by atoms with van der Waals surface area (Å²) in [6.45, 7) is 3.44. The molecule has 0 radical (unpaired) electrons. The number of H-pyrrole nitrogens is 1. The lowest BCUT2D eigenvalue weighted by molar-refractivity contribution is 0.388. The van der Waals surface area contributed by atoms with Gasteiger partial charge in [0.2, 0.25) is 0 Å². The Morgan fingerprint density at radius 3 is 3.00 bits per heavy atom. The third-order valence-corrected chi connectivity index (χ3v) is 2.93. The van der Waals surface area contributed by atoms with Gasteiger partial charge in [-0.25, -0.2) is 0 Å². The third kappa shape index (κ3) is 2.28. The van der Waals surface area contributed by atoms with Gasteiger partial charge in [-0.3, -0.25) is 0 Å². The quantitative estimate of drug-likeness (QED) is 0.738. The summed E-state index contributed by atoms with van der Waals surface area (Å²) in [4.78, 5) is 3.22. The van der Waals surface area contributed by atoms with Crippen LogP contribution in [0.4, 0.5) is 0 Å². The number of nitrogens with one attached hydrogen (secondary N) is 2. The minimum atomic E-state index is 0.722. The Morgan fingerprint density at radius 1 is 1.22 bits per heavy atom. The van der Waals surface area contributed by atoms with E-state index in [0.717, 1.165) is 24.5 Å². The van der Waals surface area contributed by atoms with Gasteiger partial charge in [-0.15, -0.1) is 0 Å². The van der Waals surface area contributed by atoms with Crippen LogP contribution in [0, 0.1) is 6.92 Å². The molecule has 92 valence electrons. The van der Waals surface area contributed by atoms with Crippen molar-refractivity contribution < 1.29 is 4.52 Å². The summed E-state index contributed by atoms with van der Waals surface area (Å²) in [5.41, 5.74) is 3.37. The van der Waals surface area contributed by atoms with Crippen LogP contribution in [0.15, 0.2) is 41.1 Å². The van der Waals surface area contributed by atoms with Gasteiger partial charge in [-0.1, -0.05) is 17.3 Å². The first kappa shape index (κ1) is 11.0. The fraction of sp³-hybridized carbons (Fsp3) is 0.214. The second-order valence-electron chi connectivity index (χ2n) is 4.43. The van der Waals surface area contributed by atoms with E-state index in [4.69, 9.17) is 4.52 Å². The van der Waals surface area contributed by atoms with Crippen molar-refractivity contribution in [1.82, 2.24) is 15.5 Å². The van der Waals surface area contributed by atoms with Gasteiger partial charge in [0.05, 0.1) is 5.69 Å². The van der Waals surface area contributed by atoms with Crippen molar-refractivity contribution >= 4 is 10.9 Å². The van der Waals surface area contributed by atoms with Crippen molar-refractivity contribution in [2.24, 2.45) is 0 Å². The Hall–Kier alpha value is -2.07. The molecule has 3 aromatic rings. The van der Waals surface area contributed by atoms with Gasteiger partial charge < -0.3 is 14.8 Å². The maximum atomic E-state index is 5.02. The molecule has 0 spiro atoms. The molecule has 0 fully saturated rings. The van der Waals surface area contributed by atoms with Crippen LogP contribution in [0.5, 0.6) is 0 Å². The number of aromatic amines is 1. The highest BCUT2D eigenvalue weighted by Crippen LogP contribution is 2.14. The van der Waals surface area contributed by atoms with Gasteiger partial charge in [0.1, 0.15) is 5.76 Å². The standard InChI is InChI=1S/C14H15N3O/c1-10-6-13(17-18-10)9-15-8-11-2-3-12-4-5-16-14(12)7-11/h2-7,15-16H,8-9H2,1H3. The number of hydrogen-bond acceptors (Lipinski definition) is 3. The molecule has 0 atom stereocenters. The zero-order chi connectivity index (χ0) is 12.4. The monoisotopic (exact) mass is 241 g/mol. The van der Waals surface area contributed by atoms with Crippen LogP contribution in [-0.4, -0.2) is 10.1 Å². The summed E-state index contributed by atoms with van der Waals surface area (Å²) < 4.78 is 5.02. The summed E-state index contributed by atoms with van der Waals surface area (Å²) in [5, 5.41) is 8.54. The largest absolute Gasteiger partial charge is 0.361 e. The minimum absolute atomic E-state index is 0.722. The fourth-order valence-corrected chi connectivity index (χ4v) is 2.04. The van der Waals surface area contributed by atoms with Crippen molar-refractivity contribution in [1.29, 1.82) is 0 Å². The summed E-state index contributed by atoms with van der Waals surface area (Å²) in [6, 6.07) is 10.4. The smallest absolute Gasteiger partial charge is 0.133 e. The van der Waals surface area contributed by atoms with E-state index >= 15 is 0 Å². The highest BCUT2D eigenvalue weighted by molar-refractivity contribution is 5.79. The number of hydrogen-bond donors (Lipinski definition) is 2. The zero-order valence-corrected chi connectivity index (χ0v) is 10.2. The zero-order valence-electron chi connectivity index (χ0n) is 10.2. The topological polar surface area (TPSA) is 53.9 Å². The summed E-state index contributed by atoms with van der Waals surface area (Å²) in [7, 11) is 0. The predicted molar refractivity (Wildman–Crippen MR) is 70.1 cm³/mol. The van der Waals surface area contributed by atoms with Crippen molar-refractivity contribution in [2.75, 3.05) is 0 Å². The molecule has 0 aliphatic rings. The van der Waals surface area contributed by atoms with E-state index in [-0.39, 0.29) is 0 Å². The number of rotatable bonds is 4. The van der Waals surface area contributed by atoms with Crippen LogP contribution in [-0.2, 0) is 13.1 Å². The summed E-state index contributed by atoms with van der Waals surface area (Å²) in [6.07, 6.45) is 1.96. The van der Waals surface area contributed by atoms with Crippen LogP contribution >= 0.6 is 0 Å². The maximum absolute atomic E-state index is 5.02. The molecular formula is C14H15N3O. The van der Waals surface area contributed by atoms with E-state index in [9.17, 15) is 0 Å². The predicted octanol–water partition coefficient (Wildman–Crippen LogP) is 2.75. The van der Waals surface area contributed by atoms with Crippen molar-refractivity contribution in [2.45, 2.75) is 20.0 Å². The van der Waals surface area contributed by atoms with Crippen LogP contribution in [0.1, 0.15) is 17.0 Å². The first-order valence-corrected chi connectivity index (χ1v) is 6.00. The normalized spacial score (nSPS) is 11.2. The highest BCUT2D eigenvalue weighted by Gasteiger charge is 2.00. The molecule has 0 amide bonds. The second kappa shape index (κ2) is 4.66. The Balaban J connectivity index is 1.62. The second-order valence-corrected chi connectivity index (χ2v) is 4.43. The Morgan fingerprint density at radius 2 is 2.17 bits per heavy atom. The van der Waals surface area contributed by atoms with Crippen LogP contribution in [0.2, 0.25) is 0 Å². The number of fused-ring (bicyclic) bond motifs is 1. The summed E-state index contributed by atoms with van der Waals surface area (Å²) >= 11 is 0. The van der Waals surface area contributed by atoms with E-state index < -0.39 is 0 Å². The molecule has 2 heterocycles. The van der Waals surface area contributed by atoms with Crippen LogP contribution in [0.25, 0.3) is 10.9 Å². The lowest BCUT2D eigenvalue weighted by Crippen LogP contribution is -2.12. The van der Waals surface area contributed by atoms with E-state index in [2.05, 4.69) is 39.7 Å². The molecule has 0 saturated carbocycles. The van der Waals surface area contributed by atoms with Crippen LogP contribution in [0.3, 0.4) is 0 Å². The lowest BCUT2D eigenvalue weighted by atomic mass is 10.1. The number of aryl methyl sites for hydroxylation is 1. The van der Waals surface area contributed by atoms with E-state index in [1.165, 1.54) is 16.5 Å². The molecule has 1 aromatic carbocycles. The first-order valence-electron chi connectivity index (χ1n) is 6.00. The molecule has 0 saturated heterocycles. The molecule has 0 unspecified atom stereocenters. The molecule has 2 N–H and O–H groups in total. The van der Waals surface area contributed by atoms with Gasteiger partial charge in [-0.2, -0.15) is 0 Å².